The van der Waals surface area contributed by atoms with Gasteiger partial charge in [0.2, 0.25) is 0 Å². The van der Waals surface area contributed by atoms with Crippen LogP contribution in [0, 0.1) is 19.7 Å². The van der Waals surface area contributed by atoms with Crippen molar-refractivity contribution < 1.29 is 4.39 Å². The highest BCUT2D eigenvalue weighted by molar-refractivity contribution is 9.10. The molecule has 0 saturated heterocycles. The number of hydrogen-bond donors (Lipinski definition) is 0. The van der Waals surface area contributed by atoms with Crippen molar-refractivity contribution in [2.75, 3.05) is 0 Å². The average molecular weight is 290 g/mol. The maximum atomic E-state index is 13.2. The Morgan fingerprint density at radius 3 is 2.67 bits per heavy atom. The van der Waals surface area contributed by atoms with E-state index in [0.29, 0.717) is 16.1 Å². The highest BCUT2D eigenvalue weighted by atomic mass is 79.9. The van der Waals surface area contributed by atoms with Crippen LogP contribution in [0.15, 0.2) is 10.7 Å². The molecule has 0 aromatic carbocycles. The summed E-state index contributed by atoms with van der Waals surface area (Å²) >= 11 is 9.13. The van der Waals surface area contributed by atoms with Gasteiger partial charge in [0.1, 0.15) is 10.1 Å². The molecule has 0 spiro atoms. The molecule has 0 aliphatic carbocycles. The Morgan fingerprint density at radius 2 is 2.00 bits per heavy atom. The van der Waals surface area contributed by atoms with E-state index in [1.54, 1.807) is 0 Å². The first-order chi connectivity index (χ1) is 7.00. The minimum Gasteiger partial charge on any atom is -0.251 e. The smallest absolute Gasteiger partial charge is 0.158 e. The van der Waals surface area contributed by atoms with E-state index in [9.17, 15) is 4.39 Å². The highest BCUT2D eigenvalue weighted by Gasteiger charge is 2.11. The van der Waals surface area contributed by atoms with Crippen LogP contribution < -0.4 is 0 Å². The summed E-state index contributed by atoms with van der Waals surface area (Å²) in [6.07, 6.45) is 0. The van der Waals surface area contributed by atoms with E-state index in [0.717, 1.165) is 11.3 Å². The first kappa shape index (κ1) is 10.8. The van der Waals surface area contributed by atoms with Crippen LogP contribution in [0.4, 0.5) is 4.39 Å². The molecule has 78 valence electrons. The predicted octanol–water partition coefficient (Wildman–Crippen LogP) is 3.80. The molecular weight excluding hydrogens is 282 g/mol. The lowest BCUT2D eigenvalue weighted by Crippen LogP contribution is -1.95. The van der Waals surface area contributed by atoms with Crippen molar-refractivity contribution in [2.24, 2.45) is 0 Å². The minimum atomic E-state index is -0.436. The summed E-state index contributed by atoms with van der Waals surface area (Å²) in [5, 5.41) is 0.526. The molecule has 15 heavy (non-hydrogen) atoms. The summed E-state index contributed by atoms with van der Waals surface area (Å²) in [5.41, 5.74) is 2.66. The molecule has 0 aliphatic heterocycles. The van der Waals surface area contributed by atoms with Crippen LogP contribution in [0.25, 0.3) is 11.0 Å². The SMILES string of the molecule is Cc1nc2cc(F)c(Br)nc2c(Cl)c1C. The zero-order chi connectivity index (χ0) is 11.2. The fourth-order valence-electron chi connectivity index (χ4n) is 1.30. The van der Waals surface area contributed by atoms with Crippen LogP contribution >= 0.6 is 27.5 Å². The standard InChI is InChI=1S/C10H7BrClFN2/c1-4-5(2)14-7-3-6(13)10(11)15-9(7)8(4)12/h3H,1-2H3. The number of aryl methyl sites for hydroxylation is 1. The molecular formula is C10H7BrClFN2. The number of fused-ring (bicyclic) bond motifs is 1. The summed E-state index contributed by atoms with van der Waals surface area (Å²) < 4.78 is 13.4. The van der Waals surface area contributed by atoms with Gasteiger partial charge in [-0.15, -0.1) is 0 Å². The Kier molecular flexibility index (Phi) is 2.64. The number of rotatable bonds is 0. The lowest BCUT2D eigenvalue weighted by Gasteiger charge is -2.06. The number of aromatic nitrogens is 2. The van der Waals surface area contributed by atoms with E-state index in [1.807, 2.05) is 13.8 Å². The molecule has 0 radical (unpaired) electrons. The van der Waals surface area contributed by atoms with E-state index < -0.39 is 5.82 Å². The molecule has 0 amide bonds. The van der Waals surface area contributed by atoms with Gasteiger partial charge in [0, 0.05) is 11.8 Å². The number of nitrogens with zero attached hydrogens (tertiary/aromatic N) is 2. The van der Waals surface area contributed by atoms with Crippen molar-refractivity contribution >= 4 is 38.6 Å². The lowest BCUT2D eigenvalue weighted by atomic mass is 10.2. The van der Waals surface area contributed by atoms with Crippen molar-refractivity contribution in [1.82, 2.24) is 9.97 Å². The summed E-state index contributed by atoms with van der Waals surface area (Å²) in [6.45, 7) is 3.70. The molecule has 0 N–H and O–H groups in total. The molecule has 0 atom stereocenters. The molecule has 2 rings (SSSR count). The monoisotopic (exact) mass is 288 g/mol. The Balaban J connectivity index is 2.93. The molecule has 2 heterocycles. The van der Waals surface area contributed by atoms with Crippen molar-refractivity contribution in [3.05, 3.63) is 32.8 Å². The van der Waals surface area contributed by atoms with Gasteiger partial charge in [-0.05, 0) is 35.3 Å². The Bertz CT molecular complexity index is 552. The van der Waals surface area contributed by atoms with Gasteiger partial charge in [0.25, 0.3) is 0 Å². The van der Waals surface area contributed by atoms with Crippen LogP contribution in [0.3, 0.4) is 0 Å². The molecule has 2 nitrogen and oxygen atoms in total. The number of hydrogen-bond acceptors (Lipinski definition) is 2. The van der Waals surface area contributed by atoms with E-state index in [2.05, 4.69) is 25.9 Å². The lowest BCUT2D eigenvalue weighted by molar-refractivity contribution is 0.615. The largest absolute Gasteiger partial charge is 0.251 e. The number of halogens is 3. The second kappa shape index (κ2) is 3.68. The fraction of sp³-hybridized carbons (Fsp3) is 0.200. The zero-order valence-corrected chi connectivity index (χ0v) is 10.4. The maximum Gasteiger partial charge on any atom is 0.158 e. The molecule has 2 aromatic heterocycles. The van der Waals surface area contributed by atoms with E-state index >= 15 is 0 Å². The third-order valence-corrected chi connectivity index (χ3v) is 3.30. The molecule has 0 fully saturated rings. The van der Waals surface area contributed by atoms with Gasteiger partial charge < -0.3 is 0 Å². The van der Waals surface area contributed by atoms with Gasteiger partial charge in [0.15, 0.2) is 5.82 Å². The molecule has 0 unspecified atom stereocenters. The fourth-order valence-corrected chi connectivity index (χ4v) is 1.87. The molecule has 0 aliphatic rings. The number of pyridine rings is 2. The first-order valence-corrected chi connectivity index (χ1v) is 5.46. The van der Waals surface area contributed by atoms with Crippen LogP contribution in [0.5, 0.6) is 0 Å². The summed E-state index contributed by atoms with van der Waals surface area (Å²) in [5.74, 6) is -0.436. The topological polar surface area (TPSA) is 25.8 Å². The van der Waals surface area contributed by atoms with Gasteiger partial charge in [0.05, 0.1) is 10.5 Å². The van der Waals surface area contributed by atoms with Crippen LogP contribution in [-0.4, -0.2) is 9.97 Å². The van der Waals surface area contributed by atoms with E-state index in [1.165, 1.54) is 6.07 Å². The Hall–Kier alpha value is -0.740. The van der Waals surface area contributed by atoms with Crippen molar-refractivity contribution in [2.45, 2.75) is 13.8 Å². The van der Waals surface area contributed by atoms with E-state index in [4.69, 9.17) is 11.6 Å². The van der Waals surface area contributed by atoms with Gasteiger partial charge in [-0.3, -0.25) is 4.98 Å². The van der Waals surface area contributed by atoms with Gasteiger partial charge in [-0.25, -0.2) is 9.37 Å². The first-order valence-electron chi connectivity index (χ1n) is 4.29. The molecule has 2 aromatic rings. The summed E-state index contributed by atoms with van der Waals surface area (Å²) in [6, 6.07) is 1.32. The van der Waals surface area contributed by atoms with Crippen molar-refractivity contribution in [3.63, 3.8) is 0 Å². The maximum absolute atomic E-state index is 13.2. The second-order valence-corrected chi connectivity index (χ2v) is 4.39. The predicted molar refractivity (Wildman–Crippen MR) is 61.7 cm³/mol. The zero-order valence-electron chi connectivity index (χ0n) is 8.11. The molecule has 0 bridgehead atoms. The third kappa shape index (κ3) is 1.72. The minimum absolute atomic E-state index is 0.155. The van der Waals surface area contributed by atoms with Gasteiger partial charge in [-0.1, -0.05) is 11.6 Å². The third-order valence-electron chi connectivity index (χ3n) is 2.28. The van der Waals surface area contributed by atoms with Crippen LogP contribution in [-0.2, 0) is 0 Å². The molecule has 5 heteroatoms. The van der Waals surface area contributed by atoms with Gasteiger partial charge >= 0.3 is 0 Å². The second-order valence-electron chi connectivity index (χ2n) is 3.26. The van der Waals surface area contributed by atoms with Crippen molar-refractivity contribution in [1.29, 1.82) is 0 Å². The Labute approximate surface area is 99.6 Å². The molecule has 0 saturated carbocycles. The highest BCUT2D eigenvalue weighted by Crippen LogP contribution is 2.28. The Morgan fingerprint density at radius 1 is 1.33 bits per heavy atom. The van der Waals surface area contributed by atoms with Crippen LogP contribution in [0.1, 0.15) is 11.3 Å². The van der Waals surface area contributed by atoms with E-state index in [-0.39, 0.29) is 4.60 Å². The average Bonchev–Trinajstić information content (AvgIpc) is 2.19. The van der Waals surface area contributed by atoms with Gasteiger partial charge in [-0.2, -0.15) is 0 Å². The quantitative estimate of drug-likeness (QED) is 0.689. The summed E-state index contributed by atoms with van der Waals surface area (Å²) in [7, 11) is 0. The summed E-state index contributed by atoms with van der Waals surface area (Å²) in [4.78, 5) is 8.25. The normalized spacial score (nSPS) is 11.0. The van der Waals surface area contributed by atoms with Crippen LogP contribution in [0.2, 0.25) is 5.02 Å². The van der Waals surface area contributed by atoms with Crippen molar-refractivity contribution in [3.8, 4) is 0 Å².